The number of rotatable bonds is 6. The number of methoxy groups -OCH3 is 1. The van der Waals surface area contributed by atoms with Gasteiger partial charge in [-0.3, -0.25) is 0 Å². The Kier molecular flexibility index (Phi) is 4.95. The number of hydrogen-bond donors (Lipinski definition) is 0. The molecular formula is C17H15F2NO2. The Balaban J connectivity index is 2.07. The molecule has 0 aromatic heterocycles. The largest absolute Gasteiger partial charge is 0.496 e. The summed E-state index contributed by atoms with van der Waals surface area (Å²) in [5.74, 6) is -2.71. The lowest BCUT2D eigenvalue weighted by molar-refractivity contribution is -0.0483. The van der Waals surface area contributed by atoms with E-state index in [2.05, 4.69) is 0 Å². The van der Waals surface area contributed by atoms with E-state index in [0.717, 1.165) is 5.56 Å². The number of alkyl halides is 2. The first-order valence-corrected chi connectivity index (χ1v) is 6.67. The first-order chi connectivity index (χ1) is 10.6. The van der Waals surface area contributed by atoms with Crippen LogP contribution in [0.4, 0.5) is 8.78 Å². The maximum absolute atomic E-state index is 14.2. The summed E-state index contributed by atoms with van der Waals surface area (Å²) in [6.07, 6.45) is 0.275. The molecular weight excluding hydrogens is 288 g/mol. The van der Waals surface area contributed by atoms with Crippen LogP contribution in [-0.4, -0.2) is 13.7 Å². The van der Waals surface area contributed by atoms with Gasteiger partial charge in [0.1, 0.15) is 11.5 Å². The van der Waals surface area contributed by atoms with Crippen molar-refractivity contribution < 1.29 is 18.3 Å². The van der Waals surface area contributed by atoms with Gasteiger partial charge in [0.25, 0.3) is 0 Å². The van der Waals surface area contributed by atoms with Gasteiger partial charge in [0.2, 0.25) is 0 Å². The van der Waals surface area contributed by atoms with Gasteiger partial charge in [-0.1, -0.05) is 24.3 Å². The van der Waals surface area contributed by atoms with Crippen molar-refractivity contribution in [2.75, 3.05) is 13.7 Å². The van der Waals surface area contributed by atoms with E-state index in [1.807, 2.05) is 6.07 Å². The summed E-state index contributed by atoms with van der Waals surface area (Å²) in [6, 6.07) is 14.5. The summed E-state index contributed by atoms with van der Waals surface area (Å²) >= 11 is 0. The second-order valence-corrected chi connectivity index (χ2v) is 4.67. The third-order valence-electron chi connectivity index (χ3n) is 3.13. The Morgan fingerprint density at radius 2 is 1.77 bits per heavy atom. The molecule has 0 aliphatic heterocycles. The van der Waals surface area contributed by atoms with Crippen molar-refractivity contribution in [1.29, 1.82) is 5.26 Å². The third kappa shape index (κ3) is 3.73. The van der Waals surface area contributed by atoms with Gasteiger partial charge in [-0.25, -0.2) is 0 Å². The average Bonchev–Trinajstić information content (AvgIpc) is 2.54. The number of para-hydroxylation sites is 1. The van der Waals surface area contributed by atoms with Crippen LogP contribution in [-0.2, 0) is 12.3 Å². The molecule has 114 valence electrons. The van der Waals surface area contributed by atoms with Gasteiger partial charge >= 0.3 is 5.92 Å². The smallest absolute Gasteiger partial charge is 0.310 e. The molecule has 0 aliphatic rings. The van der Waals surface area contributed by atoms with E-state index in [1.54, 1.807) is 30.3 Å². The molecule has 0 atom stereocenters. The summed E-state index contributed by atoms with van der Waals surface area (Å²) in [7, 11) is 1.35. The van der Waals surface area contributed by atoms with Crippen molar-refractivity contribution in [1.82, 2.24) is 0 Å². The summed E-state index contributed by atoms with van der Waals surface area (Å²) in [6.45, 7) is -0.787. The van der Waals surface area contributed by atoms with E-state index in [4.69, 9.17) is 14.7 Å². The third-order valence-corrected chi connectivity index (χ3v) is 3.13. The molecule has 3 nitrogen and oxygen atoms in total. The topological polar surface area (TPSA) is 42.2 Å². The van der Waals surface area contributed by atoms with Gasteiger partial charge < -0.3 is 9.47 Å². The maximum atomic E-state index is 14.2. The Bertz CT molecular complexity index is 663. The minimum atomic E-state index is -3.17. The Labute approximate surface area is 127 Å². The number of nitriles is 1. The lowest BCUT2D eigenvalue weighted by Crippen LogP contribution is -2.23. The molecule has 0 radical (unpaired) electrons. The van der Waals surface area contributed by atoms with Crippen molar-refractivity contribution >= 4 is 0 Å². The van der Waals surface area contributed by atoms with Crippen LogP contribution in [0.1, 0.15) is 11.1 Å². The van der Waals surface area contributed by atoms with Crippen LogP contribution in [0.15, 0.2) is 48.5 Å². The molecule has 22 heavy (non-hydrogen) atoms. The van der Waals surface area contributed by atoms with Crippen LogP contribution in [0, 0.1) is 11.3 Å². The first kappa shape index (κ1) is 15.8. The molecule has 0 amide bonds. The van der Waals surface area contributed by atoms with E-state index in [9.17, 15) is 8.78 Å². The lowest BCUT2D eigenvalue weighted by Gasteiger charge is -2.19. The summed E-state index contributed by atoms with van der Waals surface area (Å²) in [5.41, 5.74) is 0.602. The van der Waals surface area contributed by atoms with Gasteiger partial charge in [0.05, 0.1) is 25.2 Å². The van der Waals surface area contributed by atoms with E-state index >= 15 is 0 Å². The van der Waals surface area contributed by atoms with Crippen molar-refractivity contribution in [3.05, 3.63) is 59.7 Å². The summed E-state index contributed by atoms with van der Waals surface area (Å²) in [4.78, 5) is 0. The number of nitrogens with zero attached hydrogens (tertiary/aromatic N) is 1. The molecule has 5 heteroatoms. The Morgan fingerprint density at radius 1 is 1.09 bits per heavy atom. The van der Waals surface area contributed by atoms with E-state index in [-0.39, 0.29) is 17.7 Å². The zero-order valence-electron chi connectivity index (χ0n) is 12.1. The van der Waals surface area contributed by atoms with Crippen LogP contribution in [0.25, 0.3) is 0 Å². The second-order valence-electron chi connectivity index (χ2n) is 4.67. The fourth-order valence-electron chi connectivity index (χ4n) is 1.99. The molecule has 0 N–H and O–H groups in total. The number of benzene rings is 2. The fraction of sp³-hybridized carbons (Fsp3) is 0.235. The molecule has 0 heterocycles. The molecule has 0 saturated heterocycles. The minimum absolute atomic E-state index is 0.125. The van der Waals surface area contributed by atoms with Crippen LogP contribution in [0.2, 0.25) is 0 Å². The van der Waals surface area contributed by atoms with Crippen LogP contribution in [0.5, 0.6) is 11.5 Å². The number of halogens is 2. The molecule has 0 saturated carbocycles. The van der Waals surface area contributed by atoms with Crippen molar-refractivity contribution in [2.24, 2.45) is 0 Å². The molecule has 0 aliphatic carbocycles. The van der Waals surface area contributed by atoms with E-state index in [1.165, 1.54) is 25.3 Å². The number of ether oxygens (including phenoxy) is 2. The minimum Gasteiger partial charge on any atom is -0.496 e. The highest BCUT2D eigenvalue weighted by atomic mass is 19.3. The van der Waals surface area contributed by atoms with Gasteiger partial charge in [-0.2, -0.15) is 14.0 Å². The molecule has 0 spiro atoms. The second kappa shape index (κ2) is 6.90. The average molecular weight is 303 g/mol. The van der Waals surface area contributed by atoms with Gasteiger partial charge in [-0.15, -0.1) is 0 Å². The summed E-state index contributed by atoms with van der Waals surface area (Å²) < 4.78 is 38.6. The van der Waals surface area contributed by atoms with Crippen molar-refractivity contribution in [3.63, 3.8) is 0 Å². The van der Waals surface area contributed by atoms with E-state index in [0.29, 0.717) is 5.75 Å². The summed E-state index contributed by atoms with van der Waals surface area (Å²) in [5, 5.41) is 8.58. The van der Waals surface area contributed by atoms with E-state index < -0.39 is 12.5 Å². The highest BCUT2D eigenvalue weighted by Crippen LogP contribution is 2.35. The Morgan fingerprint density at radius 3 is 2.41 bits per heavy atom. The number of hydrogen-bond acceptors (Lipinski definition) is 3. The van der Waals surface area contributed by atoms with Crippen LogP contribution in [0.3, 0.4) is 0 Å². The molecule has 0 bridgehead atoms. The quantitative estimate of drug-likeness (QED) is 0.812. The molecule has 2 aromatic rings. The maximum Gasteiger partial charge on any atom is 0.310 e. The normalized spacial score (nSPS) is 10.8. The van der Waals surface area contributed by atoms with Gasteiger partial charge in [-0.05, 0) is 29.8 Å². The molecule has 2 aromatic carbocycles. The predicted molar refractivity (Wildman–Crippen MR) is 78.1 cm³/mol. The SMILES string of the molecule is COc1ccccc1C(F)(F)COc1ccc(CC#N)cc1. The highest BCUT2D eigenvalue weighted by Gasteiger charge is 2.35. The molecule has 0 fully saturated rings. The predicted octanol–water partition coefficient (Wildman–Crippen LogP) is 3.93. The molecule has 2 rings (SSSR count). The van der Waals surface area contributed by atoms with Crippen molar-refractivity contribution in [2.45, 2.75) is 12.3 Å². The zero-order chi connectivity index (χ0) is 16.0. The zero-order valence-corrected chi connectivity index (χ0v) is 12.1. The van der Waals surface area contributed by atoms with Crippen LogP contribution < -0.4 is 9.47 Å². The van der Waals surface area contributed by atoms with Gasteiger partial charge in [0.15, 0.2) is 6.61 Å². The lowest BCUT2D eigenvalue weighted by atomic mass is 10.1. The Hall–Kier alpha value is -2.61. The fourth-order valence-corrected chi connectivity index (χ4v) is 1.99. The first-order valence-electron chi connectivity index (χ1n) is 6.67. The van der Waals surface area contributed by atoms with Gasteiger partial charge in [0, 0.05) is 0 Å². The van der Waals surface area contributed by atoms with Crippen LogP contribution >= 0.6 is 0 Å². The highest BCUT2D eigenvalue weighted by molar-refractivity contribution is 5.37. The van der Waals surface area contributed by atoms with Crippen molar-refractivity contribution in [3.8, 4) is 17.6 Å². The standard InChI is InChI=1S/C17H15F2NO2/c1-21-16-5-3-2-4-15(16)17(18,19)12-22-14-8-6-13(7-9-14)10-11-20/h2-9H,10,12H2,1H3. The monoisotopic (exact) mass is 303 g/mol. The molecule has 0 unspecified atom stereocenters.